The summed E-state index contributed by atoms with van der Waals surface area (Å²) in [6.45, 7) is 6.97. The minimum Gasteiger partial charge on any atom is -0.369 e. The van der Waals surface area contributed by atoms with Crippen LogP contribution in [0.4, 0.5) is 5.69 Å². The number of pyridine rings is 1. The molecule has 4 rings (SSSR count). The molecule has 1 aliphatic rings. The molecule has 3 aromatic rings. The number of hydrogen-bond donors (Lipinski definition) is 0. The summed E-state index contributed by atoms with van der Waals surface area (Å²) in [5, 5.41) is 4.16. The Balaban J connectivity index is 1.55. The molecule has 1 fully saturated rings. The van der Waals surface area contributed by atoms with Crippen molar-refractivity contribution in [1.29, 1.82) is 0 Å². The molecule has 0 radical (unpaired) electrons. The highest BCUT2D eigenvalue weighted by Crippen LogP contribution is 2.27. The number of carbonyl (C=O) groups excluding carboxylic acids is 1. The summed E-state index contributed by atoms with van der Waals surface area (Å²) in [4.78, 5) is 21.8. The fraction of sp³-hybridized carbons (Fsp3) is 0.318. The number of rotatable bonds is 3. The maximum absolute atomic E-state index is 13.3. The van der Waals surface area contributed by atoms with Crippen LogP contribution in [0.2, 0.25) is 0 Å². The third kappa shape index (κ3) is 3.50. The lowest BCUT2D eigenvalue weighted by Gasteiger charge is -2.25. The maximum Gasteiger partial charge on any atom is 0.259 e. The lowest BCUT2D eigenvalue weighted by atomic mass is 10.1. The molecule has 2 aromatic heterocycles. The molecule has 6 heteroatoms. The van der Waals surface area contributed by atoms with Gasteiger partial charge in [0.1, 0.15) is 17.0 Å². The van der Waals surface area contributed by atoms with Gasteiger partial charge in [0.15, 0.2) is 0 Å². The highest BCUT2D eigenvalue weighted by atomic mass is 16.5. The SMILES string of the molecule is Cc1cnccc1N1CCCN(C(=O)c2c(-c3ccccc3)noc2C)CC1. The van der Waals surface area contributed by atoms with Crippen LogP contribution in [0.25, 0.3) is 11.3 Å². The van der Waals surface area contributed by atoms with Crippen molar-refractivity contribution in [1.82, 2.24) is 15.0 Å². The molecule has 0 bridgehead atoms. The Morgan fingerprint density at radius 1 is 1.04 bits per heavy atom. The molecule has 0 unspecified atom stereocenters. The van der Waals surface area contributed by atoms with Crippen molar-refractivity contribution in [2.24, 2.45) is 0 Å². The van der Waals surface area contributed by atoms with Gasteiger partial charge < -0.3 is 14.3 Å². The zero-order chi connectivity index (χ0) is 19.5. The first kappa shape index (κ1) is 18.2. The van der Waals surface area contributed by atoms with Crippen LogP contribution in [0.1, 0.15) is 28.1 Å². The number of amides is 1. The van der Waals surface area contributed by atoms with Gasteiger partial charge in [0, 0.05) is 49.8 Å². The molecular weight excluding hydrogens is 352 g/mol. The zero-order valence-corrected chi connectivity index (χ0v) is 16.3. The first-order chi connectivity index (χ1) is 13.6. The Morgan fingerprint density at radius 2 is 1.86 bits per heavy atom. The largest absolute Gasteiger partial charge is 0.369 e. The molecule has 0 spiro atoms. The molecule has 144 valence electrons. The van der Waals surface area contributed by atoms with Crippen LogP contribution in [-0.2, 0) is 0 Å². The van der Waals surface area contributed by atoms with Gasteiger partial charge in [0.05, 0.1) is 0 Å². The second-order valence-corrected chi connectivity index (χ2v) is 7.12. The Hall–Kier alpha value is -3.15. The summed E-state index contributed by atoms with van der Waals surface area (Å²) < 4.78 is 5.38. The summed E-state index contributed by atoms with van der Waals surface area (Å²) in [7, 11) is 0. The standard InChI is InChI=1S/C22H24N4O2/c1-16-15-23-10-9-19(16)25-11-6-12-26(14-13-25)22(27)20-17(2)28-24-21(20)18-7-4-3-5-8-18/h3-5,7-10,15H,6,11-14H2,1-2H3. The van der Waals surface area contributed by atoms with Crippen LogP contribution in [0, 0.1) is 13.8 Å². The van der Waals surface area contributed by atoms with Crippen LogP contribution in [0.3, 0.4) is 0 Å². The summed E-state index contributed by atoms with van der Waals surface area (Å²) >= 11 is 0. The Labute approximate surface area is 164 Å². The molecule has 0 aliphatic carbocycles. The maximum atomic E-state index is 13.3. The van der Waals surface area contributed by atoms with Crippen LogP contribution in [-0.4, -0.2) is 47.1 Å². The van der Waals surface area contributed by atoms with E-state index in [9.17, 15) is 4.79 Å². The van der Waals surface area contributed by atoms with E-state index >= 15 is 0 Å². The van der Waals surface area contributed by atoms with Gasteiger partial charge in [-0.05, 0) is 31.9 Å². The summed E-state index contributed by atoms with van der Waals surface area (Å²) in [6.07, 6.45) is 4.62. The van der Waals surface area contributed by atoms with E-state index in [-0.39, 0.29) is 5.91 Å². The van der Waals surface area contributed by atoms with E-state index in [1.54, 1.807) is 6.92 Å². The molecule has 0 atom stereocenters. The third-order valence-corrected chi connectivity index (χ3v) is 5.24. The van der Waals surface area contributed by atoms with Gasteiger partial charge in [-0.2, -0.15) is 0 Å². The lowest BCUT2D eigenvalue weighted by Crippen LogP contribution is -2.35. The minimum atomic E-state index is -0.00842. The summed E-state index contributed by atoms with van der Waals surface area (Å²) in [5.41, 5.74) is 4.43. The van der Waals surface area contributed by atoms with E-state index in [0.29, 0.717) is 23.6 Å². The van der Waals surface area contributed by atoms with Crippen LogP contribution in [0.15, 0.2) is 53.3 Å². The van der Waals surface area contributed by atoms with E-state index in [2.05, 4.69) is 22.0 Å². The van der Waals surface area contributed by atoms with Crippen molar-refractivity contribution < 1.29 is 9.32 Å². The van der Waals surface area contributed by atoms with Gasteiger partial charge in [0.25, 0.3) is 5.91 Å². The fourth-order valence-electron chi connectivity index (χ4n) is 3.76. The monoisotopic (exact) mass is 376 g/mol. The second kappa shape index (κ2) is 7.84. The van der Waals surface area contributed by atoms with E-state index in [1.807, 2.05) is 53.7 Å². The van der Waals surface area contributed by atoms with Gasteiger partial charge in [0.2, 0.25) is 0 Å². The number of anilines is 1. The minimum absolute atomic E-state index is 0.00842. The quantitative estimate of drug-likeness (QED) is 0.697. The van der Waals surface area contributed by atoms with Crippen molar-refractivity contribution in [3.63, 3.8) is 0 Å². The van der Waals surface area contributed by atoms with Gasteiger partial charge in [-0.15, -0.1) is 0 Å². The predicted molar refractivity (Wildman–Crippen MR) is 108 cm³/mol. The van der Waals surface area contributed by atoms with Crippen LogP contribution < -0.4 is 4.90 Å². The number of benzene rings is 1. The van der Waals surface area contributed by atoms with Gasteiger partial charge >= 0.3 is 0 Å². The molecule has 0 saturated carbocycles. The van der Waals surface area contributed by atoms with Crippen LogP contribution >= 0.6 is 0 Å². The number of aryl methyl sites for hydroxylation is 2. The van der Waals surface area contributed by atoms with Gasteiger partial charge in [-0.25, -0.2) is 0 Å². The number of aromatic nitrogens is 2. The topological polar surface area (TPSA) is 62.5 Å². The Kier molecular flexibility index (Phi) is 5.10. The number of nitrogens with zero attached hydrogens (tertiary/aromatic N) is 4. The Morgan fingerprint density at radius 3 is 2.64 bits per heavy atom. The van der Waals surface area contributed by atoms with Crippen molar-refractivity contribution in [3.05, 3.63) is 65.7 Å². The fourth-order valence-corrected chi connectivity index (χ4v) is 3.76. The second-order valence-electron chi connectivity index (χ2n) is 7.12. The first-order valence-corrected chi connectivity index (χ1v) is 9.61. The number of carbonyl (C=O) groups is 1. The van der Waals surface area contributed by atoms with E-state index < -0.39 is 0 Å². The molecule has 0 N–H and O–H groups in total. The average molecular weight is 376 g/mol. The van der Waals surface area contributed by atoms with Crippen LogP contribution in [0.5, 0.6) is 0 Å². The number of hydrogen-bond acceptors (Lipinski definition) is 5. The van der Waals surface area contributed by atoms with E-state index in [0.717, 1.165) is 37.2 Å². The normalized spacial score (nSPS) is 14.8. The van der Waals surface area contributed by atoms with Crippen molar-refractivity contribution in [3.8, 4) is 11.3 Å². The molecule has 28 heavy (non-hydrogen) atoms. The molecule has 1 aliphatic heterocycles. The first-order valence-electron chi connectivity index (χ1n) is 9.61. The smallest absolute Gasteiger partial charge is 0.259 e. The predicted octanol–water partition coefficient (Wildman–Crippen LogP) is 3.71. The van der Waals surface area contributed by atoms with E-state index in [1.165, 1.54) is 5.69 Å². The summed E-state index contributed by atoms with van der Waals surface area (Å²) in [5.74, 6) is 0.556. The highest BCUT2D eigenvalue weighted by Gasteiger charge is 2.27. The molecule has 1 saturated heterocycles. The molecule has 6 nitrogen and oxygen atoms in total. The highest BCUT2D eigenvalue weighted by molar-refractivity contribution is 6.00. The molecule has 1 aromatic carbocycles. The zero-order valence-electron chi connectivity index (χ0n) is 16.3. The van der Waals surface area contributed by atoms with E-state index in [4.69, 9.17) is 4.52 Å². The van der Waals surface area contributed by atoms with Gasteiger partial charge in [-0.1, -0.05) is 35.5 Å². The average Bonchev–Trinajstić information content (AvgIpc) is 2.94. The van der Waals surface area contributed by atoms with Crippen molar-refractivity contribution in [2.75, 3.05) is 31.1 Å². The molecule has 3 heterocycles. The van der Waals surface area contributed by atoms with Crippen molar-refractivity contribution in [2.45, 2.75) is 20.3 Å². The summed E-state index contributed by atoms with van der Waals surface area (Å²) in [6, 6.07) is 11.8. The van der Waals surface area contributed by atoms with Crippen molar-refractivity contribution >= 4 is 11.6 Å². The third-order valence-electron chi connectivity index (χ3n) is 5.24. The van der Waals surface area contributed by atoms with Gasteiger partial charge in [-0.3, -0.25) is 9.78 Å². The molecule has 1 amide bonds. The Bertz CT molecular complexity index is 968. The molecular formula is C22H24N4O2. The lowest BCUT2D eigenvalue weighted by molar-refractivity contribution is 0.0766.